The molecule has 0 fully saturated rings. The van der Waals surface area contributed by atoms with Crippen LogP contribution in [0.25, 0.3) is 0 Å². The molecule has 0 bridgehead atoms. The molecule has 6 nitrogen and oxygen atoms in total. The maximum absolute atomic E-state index is 10.7. The maximum Gasteiger partial charge on any atom is 3.00 e. The van der Waals surface area contributed by atoms with Crippen molar-refractivity contribution in [3.63, 3.8) is 0 Å². The van der Waals surface area contributed by atoms with Crippen LogP contribution in [-0.2, 0) is 39.1 Å². The molecule has 0 N–H and O–H groups in total. The zero-order valence-corrected chi connectivity index (χ0v) is 28.3. The van der Waals surface area contributed by atoms with Crippen LogP contribution in [0, 0.1) is 0 Å². The normalized spacial score (nSPS) is 13.4. The van der Waals surface area contributed by atoms with Gasteiger partial charge in [0.05, 0.1) is 17.1 Å². The molecule has 0 saturated carbocycles. The summed E-state index contributed by atoms with van der Waals surface area (Å²) in [5.74, 6) is 0. The van der Waals surface area contributed by atoms with E-state index in [0.717, 1.165) is 36.7 Å². The topological polar surface area (TPSA) is 67.7 Å². The van der Waals surface area contributed by atoms with Gasteiger partial charge in [0.1, 0.15) is 0 Å². The Labute approximate surface area is 285 Å². The molecule has 21 heteroatoms. The Hall–Kier alpha value is -3.65. The molecular formula is C28H28F12N6P2Ru+. The van der Waals surface area contributed by atoms with E-state index >= 15 is 0 Å². The first kappa shape index (κ1) is 45.4. The van der Waals surface area contributed by atoms with Gasteiger partial charge >= 0.3 is 85.5 Å². The van der Waals surface area contributed by atoms with E-state index < -0.39 is 15.6 Å². The van der Waals surface area contributed by atoms with Gasteiger partial charge in [-0.3, -0.25) is 29.8 Å². The predicted molar refractivity (Wildman–Crippen MR) is 161 cm³/mol. The quantitative estimate of drug-likeness (QED) is 0.0964. The molecule has 0 aliphatic heterocycles. The molecule has 0 saturated heterocycles. The minimum atomic E-state index is -10.7. The van der Waals surface area contributed by atoms with Gasteiger partial charge in [-0.1, -0.05) is 30.3 Å². The summed E-state index contributed by atoms with van der Waals surface area (Å²) in [5.41, 5.74) is 3.15. The molecule has 0 aromatic carbocycles. The number of hydrogen-bond acceptors (Lipinski definition) is 6. The third-order valence-electron chi connectivity index (χ3n) is 4.47. The fourth-order valence-electron chi connectivity index (χ4n) is 2.96. The van der Waals surface area contributed by atoms with Crippen molar-refractivity contribution in [2.45, 2.75) is 19.6 Å². The summed E-state index contributed by atoms with van der Waals surface area (Å²) in [6.07, 6.45) is 12.5. The summed E-state index contributed by atoms with van der Waals surface area (Å²) in [4.78, 5) is 23.1. The largest absolute Gasteiger partial charge is 3.00 e. The van der Waals surface area contributed by atoms with Crippen LogP contribution in [0.2, 0.25) is 0 Å². The standard InChI is InChI=1S/C18H18N4.2C5H5N.2F6P.Ru/c1-4-10-19-16(7-1)13-22(14-17-8-2-5-11-20-17)15-18-9-3-6-12-21-18;2*1-2-4-6-5-3-1;2*1-7(2,3,4,5)6;/h1-12H,13-15H2;2*1-5H;;;/q;;;2*-1;+3. The van der Waals surface area contributed by atoms with Gasteiger partial charge in [-0.2, -0.15) is 0 Å². The number of halogens is 12. The second-order valence-corrected chi connectivity index (χ2v) is 12.9. The molecule has 5 heterocycles. The third-order valence-corrected chi connectivity index (χ3v) is 4.47. The van der Waals surface area contributed by atoms with Crippen molar-refractivity contribution in [3.8, 4) is 0 Å². The Kier molecular flexibility index (Phi) is 16.5. The maximum atomic E-state index is 9.87. The molecule has 0 amide bonds. The van der Waals surface area contributed by atoms with Crippen LogP contribution in [0.4, 0.5) is 50.4 Å². The molecule has 5 aromatic rings. The van der Waals surface area contributed by atoms with Gasteiger partial charge in [0.2, 0.25) is 0 Å². The second-order valence-electron chi connectivity index (χ2n) is 9.07. The average Bonchev–Trinajstić information content (AvgIpc) is 2.98. The van der Waals surface area contributed by atoms with Crippen molar-refractivity contribution >= 4 is 15.6 Å². The Bertz CT molecular complexity index is 1330. The molecule has 0 aliphatic rings. The van der Waals surface area contributed by atoms with Crippen molar-refractivity contribution in [1.29, 1.82) is 0 Å². The average molecular weight is 840 g/mol. The van der Waals surface area contributed by atoms with Gasteiger partial charge in [-0.15, -0.1) is 0 Å². The first-order valence-corrected chi connectivity index (χ1v) is 17.1. The van der Waals surface area contributed by atoms with Gasteiger partial charge < -0.3 is 0 Å². The molecule has 0 atom stereocenters. The molecule has 0 spiro atoms. The van der Waals surface area contributed by atoms with E-state index in [0.29, 0.717) is 0 Å². The van der Waals surface area contributed by atoms with E-state index in [-0.39, 0.29) is 19.5 Å². The van der Waals surface area contributed by atoms with Crippen LogP contribution >= 0.6 is 15.6 Å². The number of hydrogen-bond donors (Lipinski definition) is 0. The Balaban J connectivity index is 0.000000698. The van der Waals surface area contributed by atoms with Crippen molar-refractivity contribution in [1.82, 2.24) is 29.8 Å². The van der Waals surface area contributed by atoms with Gasteiger partial charge in [-0.05, 0) is 60.7 Å². The van der Waals surface area contributed by atoms with Gasteiger partial charge in [-0.25, -0.2) is 0 Å². The van der Waals surface area contributed by atoms with Gasteiger partial charge in [0, 0.05) is 63.0 Å². The Morgan fingerprint density at radius 2 is 0.592 bits per heavy atom. The first-order chi connectivity index (χ1) is 21.8. The molecule has 49 heavy (non-hydrogen) atoms. The predicted octanol–water partition coefficient (Wildman–Crippen LogP) is 12.0. The van der Waals surface area contributed by atoms with E-state index in [1.54, 1.807) is 24.8 Å². The molecule has 5 rings (SSSR count). The fourth-order valence-corrected chi connectivity index (χ4v) is 2.96. The minimum Gasteiger partial charge on any atom is -0.286 e. The van der Waals surface area contributed by atoms with E-state index in [4.69, 9.17) is 0 Å². The Morgan fingerprint density at radius 1 is 0.367 bits per heavy atom. The number of rotatable bonds is 6. The molecular weight excluding hydrogens is 811 g/mol. The smallest absolute Gasteiger partial charge is 0.286 e. The molecule has 5 aromatic heterocycles. The fraction of sp³-hybridized carbons (Fsp3) is 0.107. The van der Waals surface area contributed by atoms with Crippen LogP contribution in [0.15, 0.2) is 134 Å². The van der Waals surface area contributed by atoms with E-state index in [1.165, 1.54) is 0 Å². The summed E-state index contributed by atoms with van der Waals surface area (Å²) in [6, 6.07) is 29.4. The van der Waals surface area contributed by atoms with Crippen molar-refractivity contribution in [2.24, 2.45) is 0 Å². The van der Waals surface area contributed by atoms with Crippen LogP contribution in [0.1, 0.15) is 17.1 Å². The zero-order chi connectivity index (χ0) is 36.3. The monoisotopic (exact) mass is 840 g/mol. The number of aromatic nitrogens is 5. The summed E-state index contributed by atoms with van der Waals surface area (Å²) in [7, 11) is -21.3. The minimum absolute atomic E-state index is 0. The summed E-state index contributed by atoms with van der Waals surface area (Å²) in [6.45, 7) is 2.32. The van der Waals surface area contributed by atoms with Crippen molar-refractivity contribution in [2.75, 3.05) is 0 Å². The molecule has 1 radical (unpaired) electrons. The first-order valence-electron chi connectivity index (χ1n) is 13.0. The molecule has 271 valence electrons. The van der Waals surface area contributed by atoms with Crippen LogP contribution in [0.3, 0.4) is 0 Å². The van der Waals surface area contributed by atoms with Gasteiger partial charge in [0.25, 0.3) is 0 Å². The van der Waals surface area contributed by atoms with Crippen molar-refractivity contribution < 1.29 is 69.8 Å². The summed E-state index contributed by atoms with van der Waals surface area (Å²) in [5, 5.41) is 0. The van der Waals surface area contributed by atoms with E-state index in [2.05, 4.69) is 29.8 Å². The molecule has 0 aliphatic carbocycles. The van der Waals surface area contributed by atoms with E-state index in [9.17, 15) is 50.4 Å². The zero-order valence-electron chi connectivity index (χ0n) is 24.8. The van der Waals surface area contributed by atoms with Crippen LogP contribution in [-0.4, -0.2) is 29.8 Å². The molecule has 0 unspecified atom stereocenters. The van der Waals surface area contributed by atoms with Crippen LogP contribution < -0.4 is 0 Å². The second kappa shape index (κ2) is 17.8. The summed E-state index contributed by atoms with van der Waals surface area (Å²) >= 11 is 0. The third kappa shape index (κ3) is 40.4. The Morgan fingerprint density at radius 3 is 0.735 bits per heavy atom. The van der Waals surface area contributed by atoms with Gasteiger partial charge in [0.15, 0.2) is 0 Å². The van der Waals surface area contributed by atoms with Crippen molar-refractivity contribution in [3.05, 3.63) is 151 Å². The van der Waals surface area contributed by atoms with E-state index in [1.807, 2.05) is 110 Å². The SMILES string of the molecule is F[P-](F)(F)(F)(F)F.F[P-](F)(F)(F)(F)F.[Ru+3].c1ccc(CN(Cc2ccccn2)Cc2ccccn2)nc1.c1ccncc1.c1ccncc1. The summed E-state index contributed by atoms with van der Waals surface area (Å²) < 4.78 is 118. The number of pyridine rings is 5. The number of nitrogens with zero attached hydrogens (tertiary/aromatic N) is 6. The van der Waals surface area contributed by atoms with Crippen LogP contribution in [0.5, 0.6) is 0 Å².